The number of rotatable bonds is 3. The summed E-state index contributed by atoms with van der Waals surface area (Å²) in [7, 11) is 0. The van der Waals surface area contributed by atoms with E-state index in [2.05, 4.69) is 4.90 Å². The maximum Gasteiger partial charge on any atom is 0.253 e. The van der Waals surface area contributed by atoms with Crippen LogP contribution in [0.4, 0.5) is 4.39 Å². The van der Waals surface area contributed by atoms with Gasteiger partial charge in [-0.3, -0.25) is 9.69 Å². The van der Waals surface area contributed by atoms with E-state index in [0.717, 1.165) is 52.0 Å². The van der Waals surface area contributed by atoms with E-state index >= 15 is 0 Å². The smallest absolute Gasteiger partial charge is 0.253 e. The summed E-state index contributed by atoms with van der Waals surface area (Å²) >= 11 is 5.75. The summed E-state index contributed by atoms with van der Waals surface area (Å²) in [5.74, 6) is -0.626. The highest BCUT2D eigenvalue weighted by molar-refractivity contribution is 6.30. The Morgan fingerprint density at radius 3 is 2.74 bits per heavy atom. The van der Waals surface area contributed by atoms with Gasteiger partial charge in [0.05, 0.1) is 11.1 Å². The SMILES string of the molecule is O=C(c1ccc(Cl)c(F)c1)N1CCC[C@]2(CCCN2C[C@@H]2CCCO2)CC1. The zero-order chi connectivity index (χ0) is 18.9. The minimum absolute atomic E-state index is 0.0529. The van der Waals surface area contributed by atoms with Gasteiger partial charge in [0.15, 0.2) is 0 Å². The van der Waals surface area contributed by atoms with Crippen LogP contribution in [0.5, 0.6) is 0 Å². The van der Waals surface area contributed by atoms with Crippen LogP contribution in [0.2, 0.25) is 5.02 Å². The van der Waals surface area contributed by atoms with Gasteiger partial charge >= 0.3 is 0 Å². The van der Waals surface area contributed by atoms with Crippen molar-refractivity contribution in [3.63, 3.8) is 0 Å². The van der Waals surface area contributed by atoms with E-state index in [1.165, 1.54) is 37.8 Å². The number of halogens is 2. The molecule has 3 aliphatic rings. The van der Waals surface area contributed by atoms with Crippen LogP contribution in [-0.2, 0) is 4.74 Å². The van der Waals surface area contributed by atoms with Gasteiger partial charge in [0.1, 0.15) is 5.82 Å². The number of carbonyl (C=O) groups is 1. The second-order valence-corrected chi connectivity index (χ2v) is 8.59. The summed E-state index contributed by atoms with van der Waals surface area (Å²) in [6.45, 7) is 4.52. The summed E-state index contributed by atoms with van der Waals surface area (Å²) in [6, 6.07) is 4.34. The van der Waals surface area contributed by atoms with E-state index in [1.807, 2.05) is 4.90 Å². The molecule has 0 aliphatic carbocycles. The Balaban J connectivity index is 1.43. The highest BCUT2D eigenvalue weighted by Gasteiger charge is 2.43. The van der Waals surface area contributed by atoms with Crippen molar-refractivity contribution in [2.45, 2.75) is 56.6 Å². The predicted molar refractivity (Wildman–Crippen MR) is 104 cm³/mol. The molecule has 3 fully saturated rings. The van der Waals surface area contributed by atoms with E-state index in [0.29, 0.717) is 11.7 Å². The molecule has 27 heavy (non-hydrogen) atoms. The Labute approximate surface area is 165 Å². The Morgan fingerprint density at radius 1 is 1.19 bits per heavy atom. The first-order valence-electron chi connectivity index (χ1n) is 10.2. The number of nitrogens with zero attached hydrogens (tertiary/aromatic N) is 2. The fourth-order valence-corrected chi connectivity index (χ4v) is 5.19. The lowest BCUT2D eigenvalue weighted by molar-refractivity contribution is 0.0339. The first-order chi connectivity index (χ1) is 13.1. The van der Waals surface area contributed by atoms with Gasteiger partial charge in [-0.05, 0) is 69.7 Å². The molecule has 4 rings (SSSR count). The van der Waals surface area contributed by atoms with Gasteiger partial charge in [0, 0.05) is 37.3 Å². The van der Waals surface area contributed by atoms with Crippen LogP contribution in [0.3, 0.4) is 0 Å². The number of hydrogen-bond donors (Lipinski definition) is 0. The molecule has 0 unspecified atom stereocenters. The van der Waals surface area contributed by atoms with Crippen molar-refractivity contribution in [1.29, 1.82) is 0 Å². The van der Waals surface area contributed by atoms with Crippen molar-refractivity contribution in [1.82, 2.24) is 9.80 Å². The summed E-state index contributed by atoms with van der Waals surface area (Å²) in [5.41, 5.74) is 0.585. The third-order valence-corrected chi connectivity index (χ3v) is 6.87. The second kappa shape index (κ2) is 8.06. The zero-order valence-electron chi connectivity index (χ0n) is 15.8. The van der Waals surface area contributed by atoms with Gasteiger partial charge in [-0.25, -0.2) is 4.39 Å². The lowest BCUT2D eigenvalue weighted by Gasteiger charge is -2.39. The van der Waals surface area contributed by atoms with E-state index in [-0.39, 0.29) is 16.5 Å². The normalized spacial score (nSPS) is 29.4. The summed E-state index contributed by atoms with van der Waals surface area (Å²) < 4.78 is 19.6. The van der Waals surface area contributed by atoms with E-state index in [1.54, 1.807) is 6.07 Å². The molecule has 0 saturated carbocycles. The standard InChI is InChI=1S/C21H28ClFN2O2/c22-18-6-5-16(14-19(18)23)20(26)24-10-2-7-21(9-12-24)8-3-11-25(21)15-17-4-1-13-27-17/h5-6,14,17H,1-4,7-13,15H2/t17-,21-/m0/s1. The average molecular weight is 395 g/mol. The minimum atomic E-state index is -0.535. The predicted octanol–water partition coefficient (Wildman–Crippen LogP) is 4.12. The van der Waals surface area contributed by atoms with Gasteiger partial charge in [0.2, 0.25) is 0 Å². The van der Waals surface area contributed by atoms with E-state index in [9.17, 15) is 9.18 Å². The van der Waals surface area contributed by atoms with Gasteiger partial charge < -0.3 is 9.64 Å². The Bertz CT molecular complexity index is 695. The largest absolute Gasteiger partial charge is 0.377 e. The maximum atomic E-state index is 13.8. The van der Waals surface area contributed by atoms with Crippen molar-refractivity contribution < 1.29 is 13.9 Å². The number of amides is 1. The third kappa shape index (κ3) is 4.01. The highest BCUT2D eigenvalue weighted by atomic mass is 35.5. The Morgan fingerprint density at radius 2 is 2.00 bits per heavy atom. The van der Waals surface area contributed by atoms with Crippen molar-refractivity contribution in [3.05, 3.63) is 34.6 Å². The fourth-order valence-electron chi connectivity index (χ4n) is 5.07. The topological polar surface area (TPSA) is 32.8 Å². The fraction of sp³-hybridized carbons (Fsp3) is 0.667. The molecule has 0 N–H and O–H groups in total. The maximum absolute atomic E-state index is 13.8. The van der Waals surface area contributed by atoms with Gasteiger partial charge in [-0.2, -0.15) is 0 Å². The lowest BCUT2D eigenvalue weighted by Crippen LogP contribution is -2.47. The Hall–Kier alpha value is -1.17. The number of hydrogen-bond acceptors (Lipinski definition) is 3. The number of carbonyl (C=O) groups excluding carboxylic acids is 1. The molecule has 2 atom stereocenters. The van der Waals surface area contributed by atoms with Gasteiger partial charge in [0.25, 0.3) is 5.91 Å². The van der Waals surface area contributed by atoms with Crippen LogP contribution < -0.4 is 0 Å². The number of ether oxygens (including phenoxy) is 1. The van der Waals surface area contributed by atoms with Crippen molar-refractivity contribution >= 4 is 17.5 Å². The third-order valence-electron chi connectivity index (χ3n) is 6.56. The molecule has 3 heterocycles. The number of benzene rings is 1. The summed E-state index contributed by atoms with van der Waals surface area (Å²) in [6.07, 6.45) is 8.24. The lowest BCUT2D eigenvalue weighted by atomic mass is 9.87. The molecule has 1 amide bonds. The van der Waals surface area contributed by atoms with Gasteiger partial charge in [-0.1, -0.05) is 11.6 Å². The zero-order valence-corrected chi connectivity index (χ0v) is 16.5. The van der Waals surface area contributed by atoms with Crippen LogP contribution in [-0.4, -0.2) is 60.1 Å². The molecule has 148 valence electrons. The summed E-state index contributed by atoms with van der Waals surface area (Å²) in [5, 5.41) is 0.0529. The molecule has 1 spiro atoms. The second-order valence-electron chi connectivity index (χ2n) is 8.18. The molecule has 4 nitrogen and oxygen atoms in total. The van der Waals surface area contributed by atoms with Crippen LogP contribution in [0.1, 0.15) is 55.3 Å². The first-order valence-corrected chi connectivity index (χ1v) is 10.6. The van der Waals surface area contributed by atoms with E-state index < -0.39 is 5.82 Å². The molecular formula is C21H28ClFN2O2. The molecule has 1 aromatic carbocycles. The van der Waals surface area contributed by atoms with Crippen LogP contribution in [0.15, 0.2) is 18.2 Å². The number of likely N-dealkylation sites (tertiary alicyclic amines) is 2. The average Bonchev–Trinajstić information content (AvgIpc) is 3.25. The van der Waals surface area contributed by atoms with E-state index in [4.69, 9.17) is 16.3 Å². The van der Waals surface area contributed by atoms with Crippen LogP contribution in [0.25, 0.3) is 0 Å². The molecule has 0 radical (unpaired) electrons. The van der Waals surface area contributed by atoms with Crippen LogP contribution in [0, 0.1) is 5.82 Å². The molecular weight excluding hydrogens is 367 g/mol. The summed E-state index contributed by atoms with van der Waals surface area (Å²) in [4.78, 5) is 17.4. The quantitative estimate of drug-likeness (QED) is 0.773. The molecule has 0 aromatic heterocycles. The molecule has 3 aliphatic heterocycles. The van der Waals surface area contributed by atoms with Crippen LogP contribution >= 0.6 is 11.6 Å². The minimum Gasteiger partial charge on any atom is -0.377 e. The molecule has 6 heteroatoms. The first kappa shape index (κ1) is 19.2. The van der Waals surface area contributed by atoms with Crippen molar-refractivity contribution in [3.8, 4) is 0 Å². The van der Waals surface area contributed by atoms with Gasteiger partial charge in [-0.15, -0.1) is 0 Å². The highest BCUT2D eigenvalue weighted by Crippen LogP contribution is 2.39. The molecule has 1 aromatic rings. The molecule has 0 bridgehead atoms. The van der Waals surface area contributed by atoms with Crippen molar-refractivity contribution in [2.24, 2.45) is 0 Å². The molecule has 3 saturated heterocycles. The van der Waals surface area contributed by atoms with Crippen molar-refractivity contribution in [2.75, 3.05) is 32.8 Å². The monoisotopic (exact) mass is 394 g/mol. The Kier molecular flexibility index (Phi) is 5.72.